The van der Waals surface area contributed by atoms with E-state index in [9.17, 15) is 9.59 Å². The lowest BCUT2D eigenvalue weighted by Crippen LogP contribution is -2.15. The second-order valence-corrected chi connectivity index (χ2v) is 4.91. The number of nitrogens with zero attached hydrogens (tertiary/aromatic N) is 1. The number of H-pyrrole nitrogens is 1. The highest BCUT2D eigenvalue weighted by Gasteiger charge is 2.13. The maximum Gasteiger partial charge on any atom is 0.257 e. The van der Waals surface area contributed by atoms with Crippen LogP contribution in [0, 0.1) is 0 Å². The Morgan fingerprint density at radius 3 is 2.52 bits per heavy atom. The predicted octanol–water partition coefficient (Wildman–Crippen LogP) is 0.487. The summed E-state index contributed by atoms with van der Waals surface area (Å²) in [7, 11) is 1.41. The topological polar surface area (TPSA) is 150 Å². The van der Waals surface area contributed by atoms with Crippen molar-refractivity contribution in [2.24, 2.45) is 22.2 Å². The number of rotatable bonds is 4. The van der Waals surface area contributed by atoms with Crippen LogP contribution in [0.15, 0.2) is 39.8 Å². The first-order valence-electron chi connectivity index (χ1n) is 6.64. The van der Waals surface area contributed by atoms with Crippen molar-refractivity contribution in [3.8, 4) is 5.75 Å². The number of carbonyl (C=O) groups is 1. The number of primary amides is 1. The zero-order valence-electron chi connectivity index (χ0n) is 12.7. The fourth-order valence-corrected chi connectivity index (χ4v) is 2.10. The summed E-state index contributed by atoms with van der Waals surface area (Å²) >= 11 is 0. The monoisotopic (exact) mass is 315 g/mol. The van der Waals surface area contributed by atoms with Gasteiger partial charge in [-0.05, 0) is 36.6 Å². The Balaban J connectivity index is 2.67. The Morgan fingerprint density at radius 1 is 1.26 bits per heavy atom. The second-order valence-electron chi connectivity index (χ2n) is 4.91. The summed E-state index contributed by atoms with van der Waals surface area (Å²) in [5, 5.41) is 0.832. The first kappa shape index (κ1) is 16.1. The molecule has 2 rings (SSSR count). The summed E-state index contributed by atoms with van der Waals surface area (Å²) in [6, 6.07) is 4.54. The van der Waals surface area contributed by atoms with Gasteiger partial charge in [-0.3, -0.25) is 9.59 Å². The van der Waals surface area contributed by atoms with Gasteiger partial charge in [0.25, 0.3) is 11.5 Å². The molecule has 1 aromatic heterocycles. The van der Waals surface area contributed by atoms with Gasteiger partial charge in [0.15, 0.2) is 0 Å². The summed E-state index contributed by atoms with van der Waals surface area (Å²) in [5.74, 6) is 0.00125. The van der Waals surface area contributed by atoms with Crippen LogP contribution >= 0.6 is 0 Å². The average molecular weight is 315 g/mol. The van der Waals surface area contributed by atoms with Crippen molar-refractivity contribution in [2.45, 2.75) is 6.92 Å². The molecule has 0 saturated carbocycles. The highest BCUT2D eigenvalue weighted by atomic mass is 16.5. The lowest BCUT2D eigenvalue weighted by Gasteiger charge is -2.08. The lowest BCUT2D eigenvalue weighted by molar-refractivity contribution is 0.0997. The van der Waals surface area contributed by atoms with Crippen LogP contribution in [0.4, 0.5) is 5.82 Å². The number of nitrogens with two attached hydrogens (primary N) is 3. The van der Waals surface area contributed by atoms with E-state index >= 15 is 0 Å². The highest BCUT2D eigenvalue weighted by molar-refractivity contribution is 6.01. The largest absolute Gasteiger partial charge is 0.496 e. The number of carbonyl (C=O) groups excluding carboxylic acids is 1. The Labute approximate surface area is 131 Å². The molecule has 23 heavy (non-hydrogen) atoms. The molecule has 0 aliphatic heterocycles. The fourth-order valence-electron chi connectivity index (χ4n) is 2.10. The van der Waals surface area contributed by atoms with Crippen LogP contribution in [0.25, 0.3) is 10.8 Å². The van der Waals surface area contributed by atoms with Crippen molar-refractivity contribution in [3.05, 3.63) is 45.9 Å². The number of aliphatic imine (C=N–C) groups is 1. The molecule has 0 unspecified atom stereocenters. The molecule has 120 valence electrons. The summed E-state index contributed by atoms with van der Waals surface area (Å²) in [6.45, 7) is 1.67. The smallest absolute Gasteiger partial charge is 0.257 e. The maximum atomic E-state index is 12.2. The van der Waals surface area contributed by atoms with Crippen LogP contribution in [0.5, 0.6) is 5.75 Å². The SMILES string of the molecule is COc1cc2cc(/N=C(N)\C=C(\C)N)[nH]c(=O)c2cc1C(N)=O. The van der Waals surface area contributed by atoms with Crippen molar-refractivity contribution in [3.63, 3.8) is 0 Å². The van der Waals surface area contributed by atoms with Gasteiger partial charge in [0.2, 0.25) is 0 Å². The van der Waals surface area contributed by atoms with Crippen LogP contribution in [-0.4, -0.2) is 23.8 Å². The van der Waals surface area contributed by atoms with Crippen molar-refractivity contribution < 1.29 is 9.53 Å². The van der Waals surface area contributed by atoms with Crippen LogP contribution in [0.2, 0.25) is 0 Å². The Hall–Kier alpha value is -3.29. The quantitative estimate of drug-likeness (QED) is 0.478. The van der Waals surface area contributed by atoms with Gasteiger partial charge < -0.3 is 26.9 Å². The summed E-state index contributed by atoms with van der Waals surface area (Å²) in [6.07, 6.45) is 1.47. The molecular weight excluding hydrogens is 298 g/mol. The first-order valence-corrected chi connectivity index (χ1v) is 6.64. The maximum absolute atomic E-state index is 12.2. The molecule has 0 fully saturated rings. The average Bonchev–Trinajstić information content (AvgIpc) is 2.44. The number of allylic oxidation sites excluding steroid dienone is 1. The number of fused-ring (bicyclic) bond motifs is 1. The number of hydrogen-bond donors (Lipinski definition) is 4. The van der Waals surface area contributed by atoms with Gasteiger partial charge in [0.1, 0.15) is 17.4 Å². The highest BCUT2D eigenvalue weighted by Crippen LogP contribution is 2.25. The van der Waals surface area contributed by atoms with Crippen molar-refractivity contribution in [1.82, 2.24) is 4.98 Å². The molecule has 0 aliphatic rings. The normalized spacial score (nSPS) is 12.4. The zero-order chi connectivity index (χ0) is 17.1. The van der Waals surface area contributed by atoms with Crippen LogP contribution in [0.1, 0.15) is 17.3 Å². The minimum Gasteiger partial charge on any atom is -0.496 e. The molecule has 1 amide bonds. The van der Waals surface area contributed by atoms with Gasteiger partial charge in [-0.1, -0.05) is 0 Å². The summed E-state index contributed by atoms with van der Waals surface area (Å²) in [5.41, 5.74) is 16.7. The zero-order valence-corrected chi connectivity index (χ0v) is 12.7. The van der Waals surface area contributed by atoms with E-state index < -0.39 is 11.5 Å². The molecule has 0 radical (unpaired) electrons. The molecule has 8 heteroatoms. The molecule has 0 aliphatic carbocycles. The number of aromatic nitrogens is 1. The molecule has 1 aromatic carbocycles. The van der Waals surface area contributed by atoms with Crippen molar-refractivity contribution in [1.29, 1.82) is 0 Å². The number of methoxy groups -OCH3 is 1. The van der Waals surface area contributed by atoms with Crippen LogP contribution in [0.3, 0.4) is 0 Å². The van der Waals surface area contributed by atoms with Crippen molar-refractivity contribution >= 4 is 28.3 Å². The Morgan fingerprint density at radius 2 is 1.96 bits per heavy atom. The number of ether oxygens (including phenoxy) is 1. The molecule has 0 spiro atoms. The van der Waals surface area contributed by atoms with E-state index in [1.165, 1.54) is 19.3 Å². The van der Waals surface area contributed by atoms with Crippen molar-refractivity contribution in [2.75, 3.05) is 7.11 Å². The van der Waals surface area contributed by atoms with Gasteiger partial charge in [0.05, 0.1) is 12.7 Å². The molecule has 7 N–H and O–H groups in total. The van der Waals surface area contributed by atoms with E-state index in [-0.39, 0.29) is 23.0 Å². The van der Waals surface area contributed by atoms with Gasteiger partial charge in [-0.2, -0.15) is 0 Å². The van der Waals surface area contributed by atoms with E-state index in [0.29, 0.717) is 16.5 Å². The van der Waals surface area contributed by atoms with E-state index in [1.807, 2.05) is 0 Å². The van der Waals surface area contributed by atoms with E-state index in [2.05, 4.69) is 9.98 Å². The summed E-state index contributed by atoms with van der Waals surface area (Å²) in [4.78, 5) is 30.2. The third kappa shape index (κ3) is 3.49. The number of amidine groups is 1. The van der Waals surface area contributed by atoms with Gasteiger partial charge >= 0.3 is 0 Å². The molecule has 8 nitrogen and oxygen atoms in total. The van der Waals surface area contributed by atoms with Gasteiger partial charge in [-0.15, -0.1) is 0 Å². The van der Waals surface area contributed by atoms with E-state index in [1.54, 1.807) is 19.1 Å². The fraction of sp³-hybridized carbons (Fsp3) is 0.133. The molecule has 0 atom stereocenters. The third-order valence-corrected chi connectivity index (χ3v) is 3.04. The molecule has 1 heterocycles. The minimum atomic E-state index is -0.682. The molecule has 0 bridgehead atoms. The summed E-state index contributed by atoms with van der Waals surface area (Å²) < 4.78 is 5.13. The van der Waals surface area contributed by atoms with Crippen LogP contribution in [-0.2, 0) is 0 Å². The molecule has 0 saturated heterocycles. The second kappa shape index (κ2) is 6.22. The standard InChI is InChI=1S/C15H17N5O3/c1-7(16)3-12(17)19-13-5-8-4-11(23-2)10(14(18)21)6-9(8)15(22)20-13/h3-6H,16H2,1-2H3,(H2,18,21)(H3,17,19,20,22)/b7-3-. The number of hydrogen-bond acceptors (Lipinski definition) is 5. The molecular formula is C15H17N5O3. The number of nitrogens with one attached hydrogen (secondary N) is 1. The lowest BCUT2D eigenvalue weighted by atomic mass is 10.1. The first-order chi connectivity index (χ1) is 10.8. The molecule has 2 aromatic rings. The number of benzene rings is 1. The van der Waals surface area contributed by atoms with E-state index in [0.717, 1.165) is 0 Å². The number of amides is 1. The Kier molecular flexibility index (Phi) is 4.35. The number of aromatic amines is 1. The Bertz CT molecular complexity index is 892. The predicted molar refractivity (Wildman–Crippen MR) is 88.9 cm³/mol. The van der Waals surface area contributed by atoms with Gasteiger partial charge in [0, 0.05) is 11.1 Å². The van der Waals surface area contributed by atoms with Gasteiger partial charge in [-0.25, -0.2) is 4.99 Å². The number of pyridine rings is 1. The minimum absolute atomic E-state index is 0.128. The van der Waals surface area contributed by atoms with E-state index in [4.69, 9.17) is 21.9 Å². The third-order valence-electron chi connectivity index (χ3n) is 3.04. The van der Waals surface area contributed by atoms with Crippen LogP contribution < -0.4 is 27.5 Å².